The van der Waals surface area contributed by atoms with Gasteiger partial charge in [0.1, 0.15) is 11.5 Å². The van der Waals surface area contributed by atoms with Crippen LogP contribution in [0.15, 0.2) is 65.6 Å². The van der Waals surface area contributed by atoms with Crippen LogP contribution < -0.4 is 0 Å². The first kappa shape index (κ1) is 18.5. The van der Waals surface area contributed by atoms with E-state index in [-0.39, 0.29) is 29.7 Å². The molecule has 142 valence electrons. The summed E-state index contributed by atoms with van der Waals surface area (Å²) in [6.45, 7) is 2.04. The van der Waals surface area contributed by atoms with Crippen molar-refractivity contribution >= 4 is 17.7 Å². The molecule has 0 amide bonds. The average molecular weight is 384 g/mol. The van der Waals surface area contributed by atoms with Crippen LogP contribution in [0.4, 0.5) is 0 Å². The van der Waals surface area contributed by atoms with Gasteiger partial charge in [0, 0.05) is 11.8 Å². The molecule has 2 aromatic carbocycles. The highest BCUT2D eigenvalue weighted by atomic mass is 32.2. The first-order valence-corrected chi connectivity index (χ1v) is 10.3. The van der Waals surface area contributed by atoms with Crippen LogP contribution in [0, 0.1) is 5.92 Å². The Morgan fingerprint density at radius 3 is 2.44 bits per heavy atom. The maximum absolute atomic E-state index is 11.6. The number of benzene rings is 2. The third-order valence-electron chi connectivity index (χ3n) is 5.14. The first-order valence-electron chi connectivity index (χ1n) is 9.40. The van der Waals surface area contributed by atoms with Crippen molar-refractivity contribution in [2.75, 3.05) is 6.61 Å². The van der Waals surface area contributed by atoms with Gasteiger partial charge in [-0.3, -0.25) is 4.79 Å². The zero-order valence-electron chi connectivity index (χ0n) is 15.3. The third kappa shape index (κ3) is 4.54. The lowest BCUT2D eigenvalue weighted by molar-refractivity contribution is -0.191. The molecule has 2 aromatic rings. The molecule has 2 aliphatic rings. The lowest BCUT2D eigenvalue weighted by Gasteiger charge is -2.44. The molecule has 5 heteroatoms. The van der Waals surface area contributed by atoms with Gasteiger partial charge in [-0.2, -0.15) is 0 Å². The summed E-state index contributed by atoms with van der Waals surface area (Å²) < 4.78 is 18.1. The van der Waals surface area contributed by atoms with Crippen LogP contribution in [0.3, 0.4) is 0 Å². The van der Waals surface area contributed by atoms with Gasteiger partial charge in [0.15, 0.2) is 0 Å². The molecule has 2 aliphatic heterocycles. The molecular formula is C22H24O4S. The Morgan fingerprint density at radius 2 is 1.74 bits per heavy atom. The van der Waals surface area contributed by atoms with E-state index in [0.29, 0.717) is 12.5 Å². The molecule has 0 aliphatic carbocycles. The Labute approximate surface area is 164 Å². The number of ether oxygens (including phenoxy) is 3. The van der Waals surface area contributed by atoms with Crippen LogP contribution in [-0.2, 0) is 19.0 Å². The van der Waals surface area contributed by atoms with E-state index in [1.54, 1.807) is 11.8 Å². The molecule has 27 heavy (non-hydrogen) atoms. The van der Waals surface area contributed by atoms with Gasteiger partial charge >= 0.3 is 5.97 Å². The lowest BCUT2D eigenvalue weighted by Crippen LogP contribution is -2.49. The number of carbonyl (C=O) groups is 1. The van der Waals surface area contributed by atoms with Gasteiger partial charge < -0.3 is 14.2 Å². The summed E-state index contributed by atoms with van der Waals surface area (Å²) in [5.41, 5.74) is 0.982. The van der Waals surface area contributed by atoms with E-state index in [0.717, 1.165) is 17.7 Å². The SMILES string of the molecule is CC(=O)O[C@@H]1CC2CC(c3ccccc3)OCC2OC1Sc1ccccc1. The van der Waals surface area contributed by atoms with Crippen molar-refractivity contribution in [3.63, 3.8) is 0 Å². The van der Waals surface area contributed by atoms with Crippen LogP contribution in [0.5, 0.6) is 0 Å². The van der Waals surface area contributed by atoms with Gasteiger partial charge in [-0.25, -0.2) is 0 Å². The molecule has 0 bridgehead atoms. The smallest absolute Gasteiger partial charge is 0.303 e. The van der Waals surface area contributed by atoms with Crippen LogP contribution in [-0.4, -0.2) is 30.2 Å². The van der Waals surface area contributed by atoms with Crippen molar-refractivity contribution in [3.8, 4) is 0 Å². The van der Waals surface area contributed by atoms with E-state index in [1.807, 2.05) is 48.5 Å². The van der Waals surface area contributed by atoms with Crippen molar-refractivity contribution in [1.29, 1.82) is 0 Å². The Bertz CT molecular complexity index is 751. The van der Waals surface area contributed by atoms with Crippen LogP contribution >= 0.6 is 11.8 Å². The highest BCUT2D eigenvalue weighted by Gasteiger charge is 2.43. The number of carbonyl (C=O) groups excluding carboxylic acids is 1. The lowest BCUT2D eigenvalue weighted by atomic mass is 9.84. The van der Waals surface area contributed by atoms with Crippen molar-refractivity contribution in [3.05, 3.63) is 66.2 Å². The first-order chi connectivity index (χ1) is 13.2. The average Bonchev–Trinajstić information content (AvgIpc) is 2.69. The standard InChI is InChI=1S/C22H24O4S/c1-15(23)25-20-13-17-12-19(16-8-4-2-5-9-16)24-14-21(17)26-22(20)27-18-10-6-3-7-11-18/h2-11,17,19-22H,12-14H2,1H3/t17?,19?,20-,21?,22?/m1/s1. The fourth-order valence-corrected chi connectivity index (χ4v) is 4.96. The molecule has 2 saturated heterocycles. The van der Waals surface area contributed by atoms with Crippen LogP contribution in [0.25, 0.3) is 0 Å². The summed E-state index contributed by atoms with van der Waals surface area (Å²) in [5, 5.41) is 0. The molecule has 4 rings (SSSR count). The van der Waals surface area contributed by atoms with E-state index in [9.17, 15) is 4.79 Å². The maximum atomic E-state index is 11.6. The molecule has 2 heterocycles. The predicted molar refractivity (Wildman–Crippen MR) is 104 cm³/mol. The summed E-state index contributed by atoms with van der Waals surface area (Å²) in [5.74, 6) is 0.0632. The Kier molecular flexibility index (Phi) is 5.81. The highest BCUT2D eigenvalue weighted by Crippen LogP contribution is 2.43. The second-order valence-electron chi connectivity index (χ2n) is 7.09. The van der Waals surface area contributed by atoms with Gasteiger partial charge in [0.25, 0.3) is 0 Å². The number of hydrogen-bond acceptors (Lipinski definition) is 5. The quantitative estimate of drug-likeness (QED) is 0.721. The van der Waals surface area contributed by atoms with Gasteiger partial charge in [0.2, 0.25) is 0 Å². The van der Waals surface area contributed by atoms with E-state index in [1.165, 1.54) is 12.5 Å². The van der Waals surface area contributed by atoms with Gasteiger partial charge in [-0.1, -0.05) is 60.3 Å². The van der Waals surface area contributed by atoms with E-state index >= 15 is 0 Å². The highest BCUT2D eigenvalue weighted by molar-refractivity contribution is 7.99. The molecule has 0 radical (unpaired) electrons. The number of fused-ring (bicyclic) bond motifs is 1. The van der Waals surface area contributed by atoms with Crippen LogP contribution in [0.1, 0.15) is 31.4 Å². The van der Waals surface area contributed by atoms with E-state index < -0.39 is 0 Å². The molecule has 0 spiro atoms. The minimum Gasteiger partial charge on any atom is -0.459 e. The van der Waals surface area contributed by atoms with Gasteiger partial charge in [-0.05, 0) is 36.5 Å². The summed E-state index contributed by atoms with van der Waals surface area (Å²) >= 11 is 1.61. The molecule has 0 N–H and O–H groups in total. The van der Waals surface area contributed by atoms with E-state index in [2.05, 4.69) is 12.1 Å². The Balaban J connectivity index is 1.47. The van der Waals surface area contributed by atoms with Gasteiger partial charge in [0.05, 0.1) is 18.8 Å². The number of esters is 1. The summed E-state index contributed by atoms with van der Waals surface area (Å²) in [6.07, 6.45) is 1.56. The fourth-order valence-electron chi connectivity index (χ4n) is 3.86. The Morgan fingerprint density at radius 1 is 1.04 bits per heavy atom. The summed E-state index contributed by atoms with van der Waals surface area (Å²) in [4.78, 5) is 12.8. The molecule has 0 saturated carbocycles. The zero-order chi connectivity index (χ0) is 18.6. The monoisotopic (exact) mass is 384 g/mol. The largest absolute Gasteiger partial charge is 0.459 e. The third-order valence-corrected chi connectivity index (χ3v) is 6.33. The van der Waals surface area contributed by atoms with E-state index in [4.69, 9.17) is 14.2 Å². The molecular weight excluding hydrogens is 360 g/mol. The Hall–Kier alpha value is -1.82. The second-order valence-corrected chi connectivity index (χ2v) is 8.26. The van der Waals surface area contributed by atoms with Gasteiger partial charge in [-0.15, -0.1) is 0 Å². The van der Waals surface area contributed by atoms with Crippen molar-refractivity contribution in [2.45, 2.75) is 48.4 Å². The number of thioether (sulfide) groups is 1. The normalized spacial score (nSPS) is 30.3. The summed E-state index contributed by atoms with van der Waals surface area (Å²) in [6, 6.07) is 20.4. The van der Waals surface area contributed by atoms with Crippen LogP contribution in [0.2, 0.25) is 0 Å². The van der Waals surface area contributed by atoms with Crippen molar-refractivity contribution in [2.24, 2.45) is 5.92 Å². The minimum atomic E-state index is -0.257. The number of hydrogen-bond donors (Lipinski definition) is 0. The molecule has 0 aromatic heterocycles. The topological polar surface area (TPSA) is 44.8 Å². The molecule has 4 nitrogen and oxygen atoms in total. The second kappa shape index (κ2) is 8.46. The zero-order valence-corrected chi connectivity index (χ0v) is 16.1. The molecule has 5 atom stereocenters. The predicted octanol–water partition coefficient (Wildman–Crippen LogP) is 4.60. The maximum Gasteiger partial charge on any atom is 0.303 e. The fraction of sp³-hybridized carbons (Fsp3) is 0.409. The summed E-state index contributed by atoms with van der Waals surface area (Å²) in [7, 11) is 0. The minimum absolute atomic E-state index is 0.0398. The molecule has 4 unspecified atom stereocenters. The van der Waals surface area contributed by atoms with Crippen molar-refractivity contribution < 1.29 is 19.0 Å². The number of rotatable bonds is 4. The van der Waals surface area contributed by atoms with Crippen molar-refractivity contribution in [1.82, 2.24) is 0 Å². The molecule has 2 fully saturated rings.